The largest absolute Gasteiger partial charge is 0 e. The number of hydrogen-bond acceptors (Lipinski definition) is 0. The molecule has 0 aliphatic carbocycles. The van der Waals surface area contributed by atoms with Crippen LogP contribution in [0.15, 0.2) is 0 Å². The Labute approximate surface area is 99.7 Å². The predicted octanol–water partition coefficient (Wildman–Crippen LogP) is -4.74. The molecule has 1 radical (unpaired) electrons. The van der Waals surface area contributed by atoms with Gasteiger partial charge in [-0.2, -0.15) is 0 Å². The molecule has 0 aromatic carbocycles. The SMILES string of the molecule is [GaH3].[GaH3].[GaH3].[GaH3].[Nb]. The van der Waals surface area contributed by atoms with E-state index in [1.165, 1.54) is 0 Å². The van der Waals surface area contributed by atoms with Gasteiger partial charge in [-0.05, 0) is 0 Å². The van der Waals surface area contributed by atoms with Crippen LogP contribution in [0.1, 0.15) is 0 Å². The topological polar surface area (TPSA) is 0 Å². The van der Waals surface area contributed by atoms with Gasteiger partial charge in [-0.3, -0.25) is 0 Å². The quantitative estimate of drug-likeness (QED) is 0.369. The summed E-state index contributed by atoms with van der Waals surface area (Å²) in [5.41, 5.74) is 0. The van der Waals surface area contributed by atoms with E-state index in [1.807, 2.05) is 0 Å². The summed E-state index contributed by atoms with van der Waals surface area (Å²) in [4.78, 5) is 0. The van der Waals surface area contributed by atoms with Crippen LogP contribution in [0.5, 0.6) is 0 Å². The fraction of sp³-hybridized carbons (Fsp3) is 0. The predicted molar refractivity (Wildman–Crippen MR) is 39.8 cm³/mol. The van der Waals surface area contributed by atoms with E-state index in [2.05, 4.69) is 0 Å². The van der Waals surface area contributed by atoms with Crippen molar-refractivity contribution in [1.82, 2.24) is 0 Å². The third-order valence-corrected chi connectivity index (χ3v) is 0. The maximum atomic E-state index is 0. The fourth-order valence-electron chi connectivity index (χ4n) is 0. The Balaban J connectivity index is 0. The summed E-state index contributed by atoms with van der Waals surface area (Å²) in [7, 11) is 0. The van der Waals surface area contributed by atoms with Gasteiger partial charge in [-0.15, -0.1) is 0 Å². The zero-order valence-corrected chi connectivity index (χ0v) is 2.65. The third-order valence-electron chi connectivity index (χ3n) is 0. The molecule has 0 nitrogen and oxygen atoms in total. The Morgan fingerprint density at radius 1 is 0.400 bits per heavy atom. The minimum Gasteiger partial charge on any atom is 0 e. The van der Waals surface area contributed by atoms with Crippen molar-refractivity contribution in [3.05, 3.63) is 0 Å². The zero-order chi connectivity index (χ0) is 0. The standard InChI is InChI=1S/4Ga.Nb.12H. The van der Waals surface area contributed by atoms with Gasteiger partial charge in [0, 0.05) is 22.4 Å². The van der Waals surface area contributed by atoms with Crippen molar-refractivity contribution in [3.8, 4) is 0 Å². The average Bonchev–Trinajstić information content (AvgIpc) is 0. The molecule has 0 N–H and O–H groups in total. The zero-order valence-electron chi connectivity index (χ0n) is 0.447. The summed E-state index contributed by atoms with van der Waals surface area (Å²) < 4.78 is 0. The summed E-state index contributed by atoms with van der Waals surface area (Å²) in [5, 5.41) is 0. The van der Waals surface area contributed by atoms with Crippen LogP contribution in [0.3, 0.4) is 0 Å². The molecule has 0 atom stereocenters. The van der Waals surface area contributed by atoms with Gasteiger partial charge in [0.15, 0.2) is 0 Å². The molecule has 5 heteroatoms. The normalized spacial score (nSPS) is 0. The van der Waals surface area contributed by atoms with Gasteiger partial charge in [0.25, 0.3) is 0 Å². The van der Waals surface area contributed by atoms with E-state index >= 15 is 0 Å². The third kappa shape index (κ3) is 18.9. The van der Waals surface area contributed by atoms with E-state index in [4.69, 9.17) is 0 Å². The van der Waals surface area contributed by atoms with Gasteiger partial charge in [0.05, 0.1) is 0 Å². The molecular formula is H12Ga4Nb. The van der Waals surface area contributed by atoms with Gasteiger partial charge in [-0.1, -0.05) is 0 Å². The molecule has 0 amide bonds. The molecule has 5 heavy (non-hydrogen) atoms. The van der Waals surface area contributed by atoms with Gasteiger partial charge in [0.2, 0.25) is 0 Å². The second kappa shape index (κ2) is 26.7. The van der Waals surface area contributed by atoms with Gasteiger partial charge in [0.1, 0.15) is 0 Å². The number of rotatable bonds is 0. The molecule has 0 unspecified atom stereocenters. The molecule has 0 aromatic heterocycles. The molecule has 29 valence electrons. The smallest absolute Gasteiger partial charge is 0 e. The van der Waals surface area contributed by atoms with E-state index in [9.17, 15) is 0 Å². The van der Waals surface area contributed by atoms with Crippen molar-refractivity contribution in [1.29, 1.82) is 0 Å². The van der Waals surface area contributed by atoms with Gasteiger partial charge < -0.3 is 0 Å². The van der Waals surface area contributed by atoms with E-state index in [-0.39, 0.29) is 102 Å². The summed E-state index contributed by atoms with van der Waals surface area (Å²) in [5.74, 6) is 0. The van der Waals surface area contributed by atoms with Crippen molar-refractivity contribution < 1.29 is 22.4 Å². The molecule has 0 heterocycles. The summed E-state index contributed by atoms with van der Waals surface area (Å²) in [6.45, 7) is 0. The van der Waals surface area contributed by atoms with Crippen molar-refractivity contribution >= 4 is 79.2 Å². The summed E-state index contributed by atoms with van der Waals surface area (Å²) in [6, 6.07) is 0. The van der Waals surface area contributed by atoms with Crippen LogP contribution in [-0.2, 0) is 22.4 Å². The van der Waals surface area contributed by atoms with Crippen LogP contribution in [0.4, 0.5) is 0 Å². The average molecular weight is 384 g/mol. The van der Waals surface area contributed by atoms with Crippen molar-refractivity contribution in [2.24, 2.45) is 0 Å². The van der Waals surface area contributed by atoms with Crippen LogP contribution < -0.4 is 0 Å². The molecule has 0 rings (SSSR count). The van der Waals surface area contributed by atoms with E-state index in [1.54, 1.807) is 0 Å². The molecule has 0 saturated carbocycles. The Morgan fingerprint density at radius 2 is 0.400 bits per heavy atom. The first-order chi connectivity index (χ1) is 0. The first-order valence-electron chi connectivity index (χ1n) is 0. The molecule has 0 bridgehead atoms. The maximum absolute atomic E-state index is 0. The van der Waals surface area contributed by atoms with Crippen LogP contribution in [0, 0.1) is 0 Å². The van der Waals surface area contributed by atoms with Gasteiger partial charge >= 0.3 is 79.2 Å². The van der Waals surface area contributed by atoms with E-state index < -0.39 is 0 Å². The van der Waals surface area contributed by atoms with Crippen molar-refractivity contribution in [2.75, 3.05) is 0 Å². The van der Waals surface area contributed by atoms with Crippen LogP contribution in [-0.4, -0.2) is 79.2 Å². The van der Waals surface area contributed by atoms with Crippen LogP contribution >= 0.6 is 0 Å². The van der Waals surface area contributed by atoms with Crippen LogP contribution in [0.2, 0.25) is 0 Å². The van der Waals surface area contributed by atoms with Crippen molar-refractivity contribution in [2.45, 2.75) is 0 Å². The minimum absolute atomic E-state index is 0. The van der Waals surface area contributed by atoms with Gasteiger partial charge in [-0.25, -0.2) is 0 Å². The molecule has 0 aliphatic heterocycles. The molecule has 0 fully saturated rings. The summed E-state index contributed by atoms with van der Waals surface area (Å²) >= 11 is 0. The molecule has 0 aromatic rings. The Kier molecular flexibility index (Phi) is 217. The molecule has 0 saturated heterocycles. The number of hydrogen-bond donors (Lipinski definition) is 0. The Hall–Kier alpha value is 3.29. The minimum atomic E-state index is 0. The van der Waals surface area contributed by atoms with E-state index in [0.717, 1.165) is 0 Å². The summed E-state index contributed by atoms with van der Waals surface area (Å²) in [6.07, 6.45) is 0. The fourth-order valence-corrected chi connectivity index (χ4v) is 0. The van der Waals surface area contributed by atoms with E-state index in [0.29, 0.717) is 0 Å². The molecule has 0 spiro atoms. The Morgan fingerprint density at radius 3 is 0.400 bits per heavy atom. The monoisotopic (exact) mass is 381 g/mol. The second-order valence-corrected chi connectivity index (χ2v) is 0. The van der Waals surface area contributed by atoms with Crippen LogP contribution in [0.25, 0.3) is 0 Å². The van der Waals surface area contributed by atoms with Crippen molar-refractivity contribution in [3.63, 3.8) is 0 Å². The maximum Gasteiger partial charge on any atom is 0 e. The molecular weight excluding hydrogens is 372 g/mol. The second-order valence-electron chi connectivity index (χ2n) is 0. The molecule has 0 aliphatic rings. The Bertz CT molecular complexity index is 3.61. The first kappa shape index (κ1) is 40.7. The first-order valence-corrected chi connectivity index (χ1v) is 0.